The monoisotopic (exact) mass is 585 g/mol. The number of benzene rings is 2. The van der Waals surface area contributed by atoms with Crippen molar-refractivity contribution in [2.24, 2.45) is 0 Å². The summed E-state index contributed by atoms with van der Waals surface area (Å²) in [5.74, 6) is 0. The highest BCUT2D eigenvalue weighted by Crippen LogP contribution is 2.24. The van der Waals surface area contributed by atoms with Gasteiger partial charge < -0.3 is 24.0 Å². The number of anilines is 1. The number of unbranched alkanes of at least 4 members (excludes halogenated alkanes) is 4. The number of carbonyl (C=O) groups excluding carboxylic acids is 1. The first-order valence-electron chi connectivity index (χ1n) is 14.9. The molecule has 2 aromatic carbocycles. The molecule has 0 radical (unpaired) electrons. The minimum atomic E-state index is 0.668. The molecule has 3 aromatic heterocycles. The average molecular weight is 586 g/mol. The van der Waals surface area contributed by atoms with Crippen LogP contribution in [0.1, 0.15) is 43.4 Å². The molecule has 6 rings (SSSR count). The van der Waals surface area contributed by atoms with Gasteiger partial charge in [-0.25, -0.2) is 15.4 Å². The molecular weight excluding hydrogens is 542 g/mol. The third-order valence-electron chi connectivity index (χ3n) is 7.33. The fourth-order valence-corrected chi connectivity index (χ4v) is 5.06. The standard InChI is InChI=1S/C21H23N5O.C11H15NO.CH5NO/c1-16-21-22-9-11-25(21)15-19(24-16)17-7-8-18-14-23-26(20(18)13-17)10-5-3-2-4-6-12-27;1-10-2-4-11(5-3-10)12-6-8-13-9-7-12;1-2-3/h7-9,11-15H,2-6,10H2,1H3;2-5H,6-9H2,1H3;2-3H,1H3. The lowest BCUT2D eigenvalue weighted by atomic mass is 10.1. The lowest BCUT2D eigenvalue weighted by Crippen LogP contribution is -2.36. The first-order valence-corrected chi connectivity index (χ1v) is 14.9. The molecule has 0 atom stereocenters. The van der Waals surface area contributed by atoms with E-state index in [0.717, 1.165) is 98.3 Å². The van der Waals surface area contributed by atoms with Crippen LogP contribution in [0.4, 0.5) is 5.69 Å². The maximum absolute atomic E-state index is 10.4. The highest BCUT2D eigenvalue weighted by molar-refractivity contribution is 5.83. The molecule has 1 saturated heterocycles. The van der Waals surface area contributed by atoms with Gasteiger partial charge in [0.05, 0.1) is 36.3 Å². The van der Waals surface area contributed by atoms with E-state index in [9.17, 15) is 4.79 Å². The topological polar surface area (TPSA) is 110 Å². The molecule has 0 unspecified atom stereocenters. The lowest BCUT2D eigenvalue weighted by molar-refractivity contribution is -0.107. The Hall–Kier alpha value is -4.12. The van der Waals surface area contributed by atoms with Crippen LogP contribution in [-0.2, 0) is 16.1 Å². The number of rotatable bonds is 9. The Balaban J connectivity index is 0.000000220. The summed E-state index contributed by atoms with van der Waals surface area (Å²) in [6.07, 6.45) is 13.6. The van der Waals surface area contributed by atoms with Crippen LogP contribution < -0.4 is 10.4 Å². The highest BCUT2D eigenvalue weighted by Gasteiger charge is 2.11. The molecule has 228 valence electrons. The van der Waals surface area contributed by atoms with E-state index in [1.54, 1.807) is 11.7 Å². The molecule has 10 nitrogen and oxygen atoms in total. The van der Waals surface area contributed by atoms with Gasteiger partial charge in [0.2, 0.25) is 0 Å². The molecule has 43 heavy (non-hydrogen) atoms. The van der Waals surface area contributed by atoms with Crippen LogP contribution in [0.2, 0.25) is 0 Å². The van der Waals surface area contributed by atoms with Crippen molar-refractivity contribution in [1.29, 1.82) is 0 Å². The van der Waals surface area contributed by atoms with Gasteiger partial charge in [-0.1, -0.05) is 42.7 Å². The van der Waals surface area contributed by atoms with Crippen LogP contribution >= 0.6 is 0 Å². The maximum Gasteiger partial charge on any atom is 0.158 e. The van der Waals surface area contributed by atoms with Crippen molar-refractivity contribution < 1.29 is 14.7 Å². The van der Waals surface area contributed by atoms with Gasteiger partial charge in [-0.2, -0.15) is 5.10 Å². The predicted octanol–water partition coefficient (Wildman–Crippen LogP) is 5.63. The van der Waals surface area contributed by atoms with Gasteiger partial charge in [0.25, 0.3) is 0 Å². The van der Waals surface area contributed by atoms with Crippen molar-refractivity contribution >= 4 is 28.5 Å². The van der Waals surface area contributed by atoms with Crippen LogP contribution in [0.3, 0.4) is 0 Å². The molecule has 1 aliphatic rings. The summed E-state index contributed by atoms with van der Waals surface area (Å²) >= 11 is 0. The average Bonchev–Trinajstić information content (AvgIpc) is 3.68. The lowest BCUT2D eigenvalue weighted by Gasteiger charge is -2.28. The SMILES string of the molecule is CNO.Cc1ccc(N2CCOCC2)cc1.Cc1nc(-c2ccc3cnn(CCCCCCC=O)c3c2)cn2ccnc12. The number of fused-ring (bicyclic) bond motifs is 2. The second-order valence-electron chi connectivity index (χ2n) is 10.5. The molecule has 0 saturated carbocycles. The fourth-order valence-electron chi connectivity index (χ4n) is 5.06. The van der Waals surface area contributed by atoms with Crippen molar-refractivity contribution in [2.45, 2.75) is 52.5 Å². The summed E-state index contributed by atoms with van der Waals surface area (Å²) in [7, 11) is 1.43. The summed E-state index contributed by atoms with van der Waals surface area (Å²) in [6, 6.07) is 15.0. The molecule has 0 bridgehead atoms. The van der Waals surface area contributed by atoms with E-state index in [1.165, 1.54) is 18.3 Å². The fraction of sp³-hybridized carbons (Fsp3) is 0.394. The zero-order valence-electron chi connectivity index (χ0n) is 25.4. The Bertz CT molecular complexity index is 1560. The second kappa shape index (κ2) is 16.5. The number of aromatic nitrogens is 5. The van der Waals surface area contributed by atoms with Crippen molar-refractivity contribution in [3.63, 3.8) is 0 Å². The van der Waals surface area contributed by atoms with Crippen LogP contribution in [0, 0.1) is 13.8 Å². The minimum Gasteiger partial charge on any atom is -0.378 e. The molecule has 2 N–H and O–H groups in total. The summed E-state index contributed by atoms with van der Waals surface area (Å²) in [6.45, 7) is 8.73. The number of nitrogens with one attached hydrogen (secondary N) is 1. The van der Waals surface area contributed by atoms with Crippen LogP contribution in [0.15, 0.2) is 67.3 Å². The molecule has 0 spiro atoms. The Morgan fingerprint density at radius 3 is 2.51 bits per heavy atom. The number of hydrogen-bond acceptors (Lipinski definition) is 8. The van der Waals surface area contributed by atoms with E-state index in [2.05, 4.69) is 69.1 Å². The number of aldehydes is 1. The van der Waals surface area contributed by atoms with Gasteiger partial charge in [-0.05, 0) is 44.9 Å². The largest absolute Gasteiger partial charge is 0.378 e. The Labute approximate surface area is 253 Å². The predicted molar refractivity (Wildman–Crippen MR) is 171 cm³/mol. The van der Waals surface area contributed by atoms with Crippen molar-refractivity contribution in [2.75, 3.05) is 38.3 Å². The molecular formula is C33H43N7O3. The Kier molecular flexibility index (Phi) is 12.2. The number of ether oxygens (including phenoxy) is 1. The number of imidazole rings is 1. The molecule has 1 fully saturated rings. The summed E-state index contributed by atoms with van der Waals surface area (Å²) in [5, 5.41) is 13.0. The van der Waals surface area contributed by atoms with Gasteiger partial charge in [-0.3, -0.25) is 4.68 Å². The molecule has 5 aromatic rings. The second-order valence-corrected chi connectivity index (χ2v) is 10.5. The zero-order chi connectivity index (χ0) is 30.4. The number of morpholine rings is 1. The van der Waals surface area contributed by atoms with Gasteiger partial charge in [0.15, 0.2) is 5.65 Å². The quantitative estimate of drug-likeness (QED) is 0.130. The van der Waals surface area contributed by atoms with Crippen LogP contribution in [0.5, 0.6) is 0 Å². The number of carbonyl (C=O) groups is 1. The molecule has 10 heteroatoms. The summed E-state index contributed by atoms with van der Waals surface area (Å²) in [4.78, 5) is 21.8. The van der Waals surface area contributed by atoms with Gasteiger partial charge in [-0.15, -0.1) is 0 Å². The van der Waals surface area contributed by atoms with Crippen molar-refractivity contribution in [3.05, 3.63) is 78.5 Å². The summed E-state index contributed by atoms with van der Waals surface area (Å²) < 4.78 is 9.39. The number of nitrogens with zero attached hydrogens (tertiary/aromatic N) is 6. The zero-order valence-corrected chi connectivity index (χ0v) is 25.4. The smallest absolute Gasteiger partial charge is 0.158 e. The number of hydroxylamine groups is 1. The van der Waals surface area contributed by atoms with E-state index in [4.69, 9.17) is 14.9 Å². The first-order chi connectivity index (χ1) is 21.0. The number of aryl methyl sites for hydroxylation is 3. The van der Waals surface area contributed by atoms with Crippen molar-refractivity contribution in [3.8, 4) is 11.3 Å². The van der Waals surface area contributed by atoms with E-state index >= 15 is 0 Å². The minimum absolute atomic E-state index is 0.668. The van der Waals surface area contributed by atoms with Gasteiger partial charge in [0, 0.05) is 68.3 Å². The molecule has 1 aliphatic heterocycles. The van der Waals surface area contributed by atoms with Crippen LogP contribution in [0.25, 0.3) is 27.8 Å². The number of hydrogen-bond donors (Lipinski definition) is 2. The third-order valence-corrected chi connectivity index (χ3v) is 7.33. The maximum atomic E-state index is 10.4. The third kappa shape index (κ3) is 8.93. The molecule has 4 heterocycles. The van der Waals surface area contributed by atoms with Crippen LogP contribution in [-0.4, -0.2) is 69.0 Å². The molecule has 0 aliphatic carbocycles. The van der Waals surface area contributed by atoms with Gasteiger partial charge in [0.1, 0.15) is 6.29 Å². The first kappa shape index (κ1) is 31.8. The molecule has 0 amide bonds. The Morgan fingerprint density at radius 1 is 1.02 bits per heavy atom. The van der Waals surface area contributed by atoms with E-state index in [1.807, 2.05) is 29.9 Å². The normalized spacial score (nSPS) is 12.9. The Morgan fingerprint density at radius 2 is 1.77 bits per heavy atom. The van der Waals surface area contributed by atoms with E-state index in [-0.39, 0.29) is 0 Å². The van der Waals surface area contributed by atoms with E-state index < -0.39 is 0 Å². The summed E-state index contributed by atoms with van der Waals surface area (Å²) in [5.41, 5.74) is 9.33. The van der Waals surface area contributed by atoms with Gasteiger partial charge >= 0.3 is 0 Å². The highest BCUT2D eigenvalue weighted by atomic mass is 16.5. The van der Waals surface area contributed by atoms with Crippen molar-refractivity contribution in [1.82, 2.24) is 29.6 Å². The van der Waals surface area contributed by atoms with E-state index in [0.29, 0.717) is 6.42 Å².